The van der Waals surface area contributed by atoms with E-state index in [-0.39, 0.29) is 17.5 Å². The van der Waals surface area contributed by atoms with Gasteiger partial charge < -0.3 is 9.64 Å². The van der Waals surface area contributed by atoms with Crippen LogP contribution in [0, 0.1) is 6.92 Å². The Bertz CT molecular complexity index is 675. The Balaban J connectivity index is 1.98. The van der Waals surface area contributed by atoms with Crippen molar-refractivity contribution in [3.63, 3.8) is 0 Å². The minimum atomic E-state index is -3.83. The number of hydrogen-bond acceptors (Lipinski definition) is 5. The maximum Gasteiger partial charge on any atom is 0.410 e. The van der Waals surface area contributed by atoms with Crippen LogP contribution < -0.4 is 0 Å². The van der Waals surface area contributed by atoms with Crippen molar-refractivity contribution in [3.8, 4) is 0 Å². The minimum absolute atomic E-state index is 0.117. The van der Waals surface area contributed by atoms with Gasteiger partial charge in [0.25, 0.3) is 10.1 Å². The summed E-state index contributed by atoms with van der Waals surface area (Å²) in [4.78, 5) is 13.5. The zero-order valence-electron chi connectivity index (χ0n) is 14.1. The average Bonchev–Trinajstić information content (AvgIpc) is 2.41. The van der Waals surface area contributed by atoms with Crippen molar-refractivity contribution in [2.75, 3.05) is 6.54 Å². The molecular weight excluding hydrogens is 318 g/mol. The summed E-state index contributed by atoms with van der Waals surface area (Å²) < 4.78 is 35.0. The Morgan fingerprint density at radius 3 is 2.26 bits per heavy atom. The largest absolute Gasteiger partial charge is 0.444 e. The predicted molar refractivity (Wildman–Crippen MR) is 85.6 cm³/mol. The van der Waals surface area contributed by atoms with Crippen LogP contribution in [0.3, 0.4) is 0 Å². The quantitative estimate of drug-likeness (QED) is 0.790. The molecule has 0 aromatic heterocycles. The number of rotatable bonds is 3. The summed E-state index contributed by atoms with van der Waals surface area (Å²) in [5.41, 5.74) is 0.383. The molecule has 0 spiro atoms. The first kappa shape index (κ1) is 17.7. The van der Waals surface area contributed by atoms with Crippen LogP contribution in [0.1, 0.15) is 33.3 Å². The number of hydrogen-bond donors (Lipinski definition) is 0. The van der Waals surface area contributed by atoms with E-state index in [2.05, 4.69) is 0 Å². The first-order chi connectivity index (χ1) is 10.5. The molecule has 6 nitrogen and oxygen atoms in total. The van der Waals surface area contributed by atoms with E-state index in [1.165, 1.54) is 17.0 Å². The normalized spacial score (nSPS) is 21.7. The number of ether oxygens (including phenoxy) is 1. The summed E-state index contributed by atoms with van der Waals surface area (Å²) in [5.74, 6) is 0. The Kier molecular flexibility index (Phi) is 4.73. The second kappa shape index (κ2) is 6.13. The molecule has 7 heteroatoms. The first-order valence-electron chi connectivity index (χ1n) is 7.49. The SMILES string of the molecule is Cc1ccc(S(=O)(=O)OC2CN(C(=O)OC(C)(C)C)C2C)cc1. The fourth-order valence-corrected chi connectivity index (χ4v) is 3.30. The van der Waals surface area contributed by atoms with Gasteiger partial charge in [-0.25, -0.2) is 4.79 Å². The highest BCUT2D eigenvalue weighted by atomic mass is 32.2. The van der Waals surface area contributed by atoms with Gasteiger partial charge in [-0.15, -0.1) is 0 Å². The standard InChI is InChI=1S/C16H23NO5S/c1-11-6-8-13(9-7-11)23(19,20)22-14-10-17(12(14)2)15(18)21-16(3,4)5/h6-9,12,14H,10H2,1-5H3. The fourth-order valence-electron chi connectivity index (χ4n) is 2.17. The van der Waals surface area contributed by atoms with Gasteiger partial charge in [-0.05, 0) is 46.8 Å². The molecule has 2 atom stereocenters. The van der Waals surface area contributed by atoms with Gasteiger partial charge in [-0.1, -0.05) is 17.7 Å². The number of likely N-dealkylation sites (tertiary alicyclic amines) is 1. The molecule has 0 aliphatic carbocycles. The summed E-state index contributed by atoms with van der Waals surface area (Å²) in [6.07, 6.45) is -1.02. The highest BCUT2D eigenvalue weighted by molar-refractivity contribution is 7.86. The second-order valence-electron chi connectivity index (χ2n) is 6.78. The van der Waals surface area contributed by atoms with Crippen molar-refractivity contribution < 1.29 is 22.1 Å². The molecule has 1 saturated heterocycles. The van der Waals surface area contributed by atoms with E-state index in [1.807, 2.05) is 6.92 Å². The lowest BCUT2D eigenvalue weighted by molar-refractivity contribution is -0.0517. The van der Waals surface area contributed by atoms with Gasteiger partial charge >= 0.3 is 6.09 Å². The molecular formula is C16H23NO5S. The molecule has 2 rings (SSSR count). The third kappa shape index (κ3) is 4.23. The Labute approximate surface area is 137 Å². The van der Waals surface area contributed by atoms with Crippen LogP contribution in [0.25, 0.3) is 0 Å². The van der Waals surface area contributed by atoms with Crippen molar-refractivity contribution in [2.24, 2.45) is 0 Å². The topological polar surface area (TPSA) is 72.9 Å². The van der Waals surface area contributed by atoms with Crippen LogP contribution in [0.5, 0.6) is 0 Å². The van der Waals surface area contributed by atoms with Crippen molar-refractivity contribution in [2.45, 2.75) is 57.3 Å². The summed E-state index contributed by atoms with van der Waals surface area (Å²) in [6, 6.07) is 6.10. The van der Waals surface area contributed by atoms with Crippen LogP contribution in [-0.2, 0) is 19.0 Å². The van der Waals surface area contributed by atoms with E-state index >= 15 is 0 Å². The van der Waals surface area contributed by atoms with E-state index in [9.17, 15) is 13.2 Å². The molecule has 1 amide bonds. The van der Waals surface area contributed by atoms with E-state index in [1.54, 1.807) is 39.8 Å². The number of aryl methyl sites for hydroxylation is 1. The van der Waals surface area contributed by atoms with Crippen molar-refractivity contribution in [1.82, 2.24) is 4.90 Å². The third-order valence-corrected chi connectivity index (χ3v) is 4.94. The van der Waals surface area contributed by atoms with Crippen molar-refractivity contribution >= 4 is 16.2 Å². The molecule has 1 aromatic rings. The lowest BCUT2D eigenvalue weighted by Crippen LogP contribution is -2.62. The number of carbonyl (C=O) groups is 1. The molecule has 0 N–H and O–H groups in total. The zero-order valence-corrected chi connectivity index (χ0v) is 14.9. The third-order valence-electron chi connectivity index (χ3n) is 3.59. The predicted octanol–water partition coefficient (Wildman–Crippen LogP) is 2.71. The lowest BCUT2D eigenvalue weighted by atomic mass is 10.0. The van der Waals surface area contributed by atoms with Gasteiger partial charge in [0.15, 0.2) is 0 Å². The molecule has 1 aromatic carbocycles. The highest BCUT2D eigenvalue weighted by Gasteiger charge is 2.44. The first-order valence-corrected chi connectivity index (χ1v) is 8.90. The van der Waals surface area contributed by atoms with Crippen LogP contribution in [0.4, 0.5) is 4.79 Å². The van der Waals surface area contributed by atoms with Crippen molar-refractivity contribution in [1.29, 1.82) is 0 Å². The maximum absolute atomic E-state index is 12.2. The molecule has 128 valence electrons. The fraction of sp³-hybridized carbons (Fsp3) is 0.562. The summed E-state index contributed by atoms with van der Waals surface area (Å²) in [7, 11) is -3.83. The molecule has 1 heterocycles. The minimum Gasteiger partial charge on any atom is -0.444 e. The second-order valence-corrected chi connectivity index (χ2v) is 8.35. The van der Waals surface area contributed by atoms with Crippen LogP contribution >= 0.6 is 0 Å². The Morgan fingerprint density at radius 1 is 1.22 bits per heavy atom. The van der Waals surface area contributed by atoms with Crippen molar-refractivity contribution in [3.05, 3.63) is 29.8 Å². The van der Waals surface area contributed by atoms with Gasteiger partial charge in [-0.2, -0.15) is 8.42 Å². The number of nitrogens with zero attached hydrogens (tertiary/aromatic N) is 1. The van der Waals surface area contributed by atoms with E-state index in [0.29, 0.717) is 0 Å². The molecule has 0 saturated carbocycles. The van der Waals surface area contributed by atoms with E-state index in [4.69, 9.17) is 8.92 Å². The molecule has 23 heavy (non-hydrogen) atoms. The van der Waals surface area contributed by atoms with Gasteiger partial charge in [0, 0.05) is 0 Å². The monoisotopic (exact) mass is 341 g/mol. The Morgan fingerprint density at radius 2 is 1.78 bits per heavy atom. The Hall–Kier alpha value is -1.60. The van der Waals surface area contributed by atoms with E-state index < -0.39 is 27.9 Å². The lowest BCUT2D eigenvalue weighted by Gasteiger charge is -2.45. The molecule has 1 fully saturated rings. The van der Waals surface area contributed by atoms with E-state index in [0.717, 1.165) is 5.56 Å². The highest BCUT2D eigenvalue weighted by Crippen LogP contribution is 2.27. The van der Waals surface area contributed by atoms with Gasteiger partial charge in [0.1, 0.15) is 11.7 Å². The number of carbonyl (C=O) groups excluding carboxylic acids is 1. The van der Waals surface area contributed by atoms with Crippen LogP contribution in [0.15, 0.2) is 29.2 Å². The smallest absolute Gasteiger partial charge is 0.410 e. The average molecular weight is 341 g/mol. The van der Waals surface area contributed by atoms with Gasteiger partial charge in [0.05, 0.1) is 17.5 Å². The van der Waals surface area contributed by atoms with Gasteiger partial charge in [-0.3, -0.25) is 4.18 Å². The maximum atomic E-state index is 12.2. The molecule has 1 aliphatic heterocycles. The van der Waals surface area contributed by atoms with Crippen LogP contribution in [-0.4, -0.2) is 43.7 Å². The van der Waals surface area contributed by atoms with Crippen LogP contribution in [0.2, 0.25) is 0 Å². The summed E-state index contributed by atoms with van der Waals surface area (Å²) >= 11 is 0. The summed E-state index contributed by atoms with van der Waals surface area (Å²) in [5, 5.41) is 0. The summed E-state index contributed by atoms with van der Waals surface area (Å²) in [6.45, 7) is 9.16. The molecule has 2 unspecified atom stereocenters. The number of amides is 1. The van der Waals surface area contributed by atoms with Gasteiger partial charge in [0.2, 0.25) is 0 Å². The molecule has 0 bridgehead atoms. The number of benzene rings is 1. The zero-order chi connectivity index (χ0) is 17.4. The molecule has 1 aliphatic rings. The molecule has 0 radical (unpaired) electrons.